The molecule has 2 N–H and O–H groups in total. The average Bonchev–Trinajstić information content (AvgIpc) is 3.02. The number of carbonyl (C=O) groups excluding carboxylic acids is 1. The Morgan fingerprint density at radius 2 is 1.89 bits per heavy atom. The van der Waals surface area contributed by atoms with Crippen molar-refractivity contribution < 1.29 is 4.79 Å². The second-order valence-corrected chi connectivity index (χ2v) is 6.73. The van der Waals surface area contributed by atoms with E-state index in [-0.39, 0.29) is 11.5 Å². The third-order valence-electron chi connectivity index (χ3n) is 4.88. The molecule has 27 heavy (non-hydrogen) atoms. The van der Waals surface area contributed by atoms with Crippen molar-refractivity contribution in [2.75, 3.05) is 0 Å². The van der Waals surface area contributed by atoms with Gasteiger partial charge in [0.1, 0.15) is 11.6 Å². The Morgan fingerprint density at radius 1 is 1.15 bits per heavy atom. The van der Waals surface area contributed by atoms with Gasteiger partial charge in [0.15, 0.2) is 0 Å². The summed E-state index contributed by atoms with van der Waals surface area (Å²) in [5.41, 5.74) is 3.21. The Kier molecular flexibility index (Phi) is 4.24. The summed E-state index contributed by atoms with van der Waals surface area (Å²) < 4.78 is 1.79. The molecule has 6 nitrogen and oxygen atoms in total. The fraction of sp³-hybridized carbons (Fsp3) is 0.190. The van der Waals surface area contributed by atoms with Crippen LogP contribution in [0.3, 0.4) is 0 Å². The van der Waals surface area contributed by atoms with Gasteiger partial charge in [-0.3, -0.25) is 9.59 Å². The number of fused-ring (bicyclic) bond motifs is 3. The molecule has 2 aromatic carbocycles. The van der Waals surface area contributed by atoms with Gasteiger partial charge in [-0.1, -0.05) is 48.0 Å². The second-order valence-electron chi connectivity index (χ2n) is 6.73. The van der Waals surface area contributed by atoms with Crippen LogP contribution in [0, 0.1) is 6.92 Å². The minimum Gasteiger partial charge on any atom is -0.350 e. The fourth-order valence-electron chi connectivity index (χ4n) is 3.42. The molecule has 2 aromatic heterocycles. The quantitative estimate of drug-likeness (QED) is 0.587. The van der Waals surface area contributed by atoms with Gasteiger partial charge in [-0.05, 0) is 25.5 Å². The number of aryl methyl sites for hydroxylation is 1. The molecular weight excluding hydrogens is 340 g/mol. The lowest BCUT2D eigenvalue weighted by Crippen LogP contribution is -2.31. The molecule has 0 aliphatic heterocycles. The highest BCUT2D eigenvalue weighted by Crippen LogP contribution is 2.29. The average molecular weight is 360 g/mol. The first-order valence-corrected chi connectivity index (χ1v) is 8.86. The van der Waals surface area contributed by atoms with Crippen molar-refractivity contribution in [3.8, 4) is 0 Å². The molecule has 0 bridgehead atoms. The molecule has 4 rings (SSSR count). The lowest BCUT2D eigenvalue weighted by Gasteiger charge is -2.16. The van der Waals surface area contributed by atoms with Gasteiger partial charge in [0.2, 0.25) is 5.91 Å². The monoisotopic (exact) mass is 360 g/mol. The molecule has 0 spiro atoms. The Morgan fingerprint density at radius 3 is 2.67 bits per heavy atom. The van der Waals surface area contributed by atoms with Crippen LogP contribution < -0.4 is 10.9 Å². The zero-order chi connectivity index (χ0) is 19.0. The van der Waals surface area contributed by atoms with E-state index in [1.807, 2.05) is 55.5 Å². The maximum absolute atomic E-state index is 12.8. The summed E-state index contributed by atoms with van der Waals surface area (Å²) in [6, 6.07) is 15.2. The topological polar surface area (TPSA) is 79.8 Å². The van der Waals surface area contributed by atoms with Crippen LogP contribution >= 0.6 is 0 Å². The lowest BCUT2D eigenvalue weighted by atomic mass is 10.1. The van der Waals surface area contributed by atoms with Gasteiger partial charge in [-0.25, -0.2) is 5.10 Å². The summed E-state index contributed by atoms with van der Waals surface area (Å²) in [6.45, 7) is 4.27. The van der Waals surface area contributed by atoms with E-state index in [9.17, 15) is 9.59 Å². The van der Waals surface area contributed by atoms with Gasteiger partial charge in [-0.15, -0.1) is 0 Å². The van der Waals surface area contributed by atoms with E-state index >= 15 is 0 Å². The number of hydrogen-bond acceptors (Lipinski definition) is 3. The number of hydrogen-bond donors (Lipinski definition) is 2. The van der Waals surface area contributed by atoms with Gasteiger partial charge in [0, 0.05) is 17.3 Å². The minimum absolute atomic E-state index is 0.144. The Hall–Kier alpha value is -3.41. The summed E-state index contributed by atoms with van der Waals surface area (Å²) in [5.74, 6) is -0.144. The molecule has 0 aliphatic carbocycles. The number of para-hydroxylation sites is 1. The van der Waals surface area contributed by atoms with E-state index in [0.29, 0.717) is 12.1 Å². The largest absolute Gasteiger partial charge is 0.350 e. The van der Waals surface area contributed by atoms with E-state index in [0.717, 1.165) is 21.9 Å². The summed E-state index contributed by atoms with van der Waals surface area (Å²) in [7, 11) is 0. The number of benzene rings is 2. The Balaban J connectivity index is 1.71. The normalized spacial score (nSPS) is 12.4. The number of rotatable bonds is 4. The highest BCUT2D eigenvalue weighted by molar-refractivity contribution is 6.08. The number of aromatic nitrogens is 3. The van der Waals surface area contributed by atoms with E-state index in [2.05, 4.69) is 15.5 Å². The van der Waals surface area contributed by atoms with Gasteiger partial charge in [0.05, 0.1) is 11.7 Å². The van der Waals surface area contributed by atoms with Crippen molar-refractivity contribution in [3.63, 3.8) is 0 Å². The molecule has 0 unspecified atom stereocenters. The van der Waals surface area contributed by atoms with Crippen LogP contribution in [0.5, 0.6) is 0 Å². The molecule has 136 valence electrons. The van der Waals surface area contributed by atoms with Crippen molar-refractivity contribution in [1.29, 1.82) is 0 Å². The SMILES string of the molecule is Cc1ccc(CNC(=O)[C@@H](C)n2c3ccccc3c3cn[nH]c(=O)c32)cc1. The van der Waals surface area contributed by atoms with Crippen molar-refractivity contribution >= 4 is 27.7 Å². The van der Waals surface area contributed by atoms with Crippen LogP contribution in [-0.4, -0.2) is 20.7 Å². The molecular formula is C21H20N4O2. The molecule has 0 saturated heterocycles. The van der Waals surface area contributed by atoms with Gasteiger partial charge in [0.25, 0.3) is 5.56 Å². The van der Waals surface area contributed by atoms with Crippen LogP contribution in [-0.2, 0) is 11.3 Å². The van der Waals surface area contributed by atoms with E-state index in [4.69, 9.17) is 0 Å². The van der Waals surface area contributed by atoms with Crippen molar-refractivity contribution in [1.82, 2.24) is 20.1 Å². The van der Waals surface area contributed by atoms with Gasteiger partial charge < -0.3 is 9.88 Å². The third kappa shape index (κ3) is 2.99. The zero-order valence-corrected chi connectivity index (χ0v) is 15.2. The fourth-order valence-corrected chi connectivity index (χ4v) is 3.42. The first-order chi connectivity index (χ1) is 13.1. The molecule has 0 fully saturated rings. The molecule has 0 radical (unpaired) electrons. The predicted octanol–water partition coefficient (Wildman–Crippen LogP) is 3.06. The minimum atomic E-state index is -0.540. The summed E-state index contributed by atoms with van der Waals surface area (Å²) in [6.07, 6.45) is 1.63. The van der Waals surface area contributed by atoms with Crippen LogP contribution in [0.25, 0.3) is 21.8 Å². The summed E-state index contributed by atoms with van der Waals surface area (Å²) in [5, 5.41) is 11.0. The molecule has 0 saturated carbocycles. The zero-order valence-electron chi connectivity index (χ0n) is 15.2. The van der Waals surface area contributed by atoms with Gasteiger partial charge in [-0.2, -0.15) is 5.10 Å². The molecule has 2 heterocycles. The second kappa shape index (κ2) is 6.72. The highest BCUT2D eigenvalue weighted by Gasteiger charge is 2.22. The Labute approximate surface area is 155 Å². The number of nitrogens with zero attached hydrogens (tertiary/aromatic N) is 2. The summed E-state index contributed by atoms with van der Waals surface area (Å²) >= 11 is 0. The third-order valence-corrected chi connectivity index (χ3v) is 4.88. The first kappa shape index (κ1) is 17.0. The molecule has 1 atom stereocenters. The van der Waals surface area contributed by atoms with Crippen molar-refractivity contribution in [2.45, 2.75) is 26.4 Å². The highest BCUT2D eigenvalue weighted by atomic mass is 16.2. The van der Waals surface area contributed by atoms with E-state index in [1.165, 1.54) is 5.56 Å². The van der Waals surface area contributed by atoms with E-state index < -0.39 is 6.04 Å². The number of nitrogens with one attached hydrogen (secondary N) is 2. The van der Waals surface area contributed by atoms with E-state index in [1.54, 1.807) is 17.7 Å². The smallest absolute Gasteiger partial charge is 0.288 e. The standard InChI is InChI=1S/C21H20N4O2/c1-13-7-9-15(10-8-13)11-22-20(26)14(2)25-18-6-4-3-5-16(18)17-12-23-24-21(27)19(17)25/h3-10,12,14H,11H2,1-2H3,(H,22,26)(H,24,27)/t14-/m1/s1. The molecule has 0 aliphatic rings. The van der Waals surface area contributed by atoms with Crippen LogP contribution in [0.2, 0.25) is 0 Å². The molecule has 6 heteroatoms. The molecule has 4 aromatic rings. The summed E-state index contributed by atoms with van der Waals surface area (Å²) in [4.78, 5) is 25.3. The number of H-pyrrole nitrogens is 1. The maximum atomic E-state index is 12.8. The van der Waals surface area contributed by atoms with Crippen LogP contribution in [0.4, 0.5) is 0 Å². The van der Waals surface area contributed by atoms with Crippen molar-refractivity contribution in [3.05, 3.63) is 76.2 Å². The number of carbonyl (C=O) groups is 1. The maximum Gasteiger partial charge on any atom is 0.288 e. The predicted molar refractivity (Wildman–Crippen MR) is 106 cm³/mol. The first-order valence-electron chi connectivity index (χ1n) is 8.86. The van der Waals surface area contributed by atoms with Crippen molar-refractivity contribution in [2.24, 2.45) is 0 Å². The Bertz CT molecular complexity index is 1190. The van der Waals surface area contributed by atoms with Gasteiger partial charge >= 0.3 is 0 Å². The van der Waals surface area contributed by atoms with Crippen LogP contribution in [0.15, 0.2) is 59.5 Å². The lowest BCUT2D eigenvalue weighted by molar-refractivity contribution is -0.123. The number of amides is 1. The van der Waals surface area contributed by atoms with Crippen LogP contribution in [0.1, 0.15) is 24.1 Å². The molecule has 1 amide bonds. The number of aromatic amines is 1.